The molecule has 9 atom stereocenters. The molecule has 2 saturated carbocycles. The van der Waals surface area contributed by atoms with Crippen LogP contribution in [0.3, 0.4) is 0 Å². The highest BCUT2D eigenvalue weighted by Gasteiger charge is 2.63. The Morgan fingerprint density at radius 1 is 1.11 bits per heavy atom. The Labute approximate surface area is 213 Å². The van der Waals surface area contributed by atoms with Crippen molar-refractivity contribution >= 4 is 23.7 Å². The van der Waals surface area contributed by atoms with Gasteiger partial charge in [0.25, 0.3) is 0 Å². The molecule has 3 aliphatic rings. The van der Waals surface area contributed by atoms with E-state index in [0.29, 0.717) is 18.6 Å². The van der Waals surface area contributed by atoms with Gasteiger partial charge in [0.15, 0.2) is 6.10 Å². The van der Waals surface area contributed by atoms with E-state index >= 15 is 0 Å². The van der Waals surface area contributed by atoms with Gasteiger partial charge < -0.3 is 18.9 Å². The van der Waals surface area contributed by atoms with E-state index in [1.807, 2.05) is 27.7 Å². The Kier molecular flexibility index (Phi) is 8.80. The minimum Gasteiger partial charge on any atom is -0.462 e. The van der Waals surface area contributed by atoms with Gasteiger partial charge in [-0.1, -0.05) is 39.8 Å². The first-order valence-corrected chi connectivity index (χ1v) is 13.0. The van der Waals surface area contributed by atoms with Gasteiger partial charge >= 0.3 is 17.9 Å². The lowest BCUT2D eigenvalue weighted by atomic mass is 9.64. The van der Waals surface area contributed by atoms with Gasteiger partial charge in [0, 0.05) is 25.3 Å². The molecular weight excluding hydrogens is 464 g/mol. The quantitative estimate of drug-likeness (QED) is 0.153. The van der Waals surface area contributed by atoms with E-state index in [-0.39, 0.29) is 42.0 Å². The molecule has 0 N–H and O–H groups in total. The first-order chi connectivity index (χ1) is 16.9. The zero-order chi connectivity index (χ0) is 26.9. The molecule has 8 heteroatoms. The highest BCUT2D eigenvalue weighted by molar-refractivity contribution is 5.86. The molecule has 0 spiro atoms. The molecule has 0 amide bonds. The second-order valence-corrected chi connectivity index (χ2v) is 10.8. The smallest absolute Gasteiger partial charge is 0.331 e. The summed E-state index contributed by atoms with van der Waals surface area (Å²) in [5.74, 6) is -3.26. The second-order valence-electron chi connectivity index (χ2n) is 10.8. The number of ketones is 1. The number of carbonyl (C=O) groups is 4. The van der Waals surface area contributed by atoms with Gasteiger partial charge in [-0.25, -0.2) is 4.79 Å². The number of ether oxygens (including phenoxy) is 4. The fraction of sp³-hybridized carbons (Fsp3) is 0.714. The predicted molar refractivity (Wildman–Crippen MR) is 132 cm³/mol. The fourth-order valence-electron chi connectivity index (χ4n) is 5.54. The molecule has 1 aliphatic heterocycles. The number of fused-ring (bicyclic) bond motifs is 1. The Balaban J connectivity index is 2.03. The number of rotatable bonds is 9. The van der Waals surface area contributed by atoms with Crippen molar-refractivity contribution in [2.75, 3.05) is 6.61 Å². The Morgan fingerprint density at radius 3 is 2.28 bits per heavy atom. The predicted octanol–water partition coefficient (Wildman–Crippen LogP) is 3.82. The van der Waals surface area contributed by atoms with Crippen LogP contribution in [-0.4, -0.2) is 54.7 Å². The van der Waals surface area contributed by atoms with Gasteiger partial charge in [-0.15, -0.1) is 0 Å². The van der Waals surface area contributed by atoms with E-state index < -0.39 is 48.1 Å². The average molecular weight is 505 g/mol. The molecule has 8 nitrogen and oxygen atoms in total. The van der Waals surface area contributed by atoms with Gasteiger partial charge in [-0.2, -0.15) is 0 Å². The number of esters is 3. The van der Waals surface area contributed by atoms with Crippen molar-refractivity contribution < 1.29 is 38.1 Å². The van der Waals surface area contributed by atoms with Crippen LogP contribution in [0.15, 0.2) is 23.8 Å². The maximum absolute atomic E-state index is 13.2. The molecule has 36 heavy (non-hydrogen) atoms. The van der Waals surface area contributed by atoms with E-state index in [0.717, 1.165) is 5.57 Å². The number of Topliss-reactive ketones (excluding diaryl/α,β-unsaturated/α-hetero) is 1. The molecule has 0 bridgehead atoms. The molecule has 2 aliphatic carbocycles. The van der Waals surface area contributed by atoms with Crippen LogP contribution in [0.5, 0.6) is 0 Å². The van der Waals surface area contributed by atoms with Gasteiger partial charge in [-0.3, -0.25) is 14.4 Å². The second kappa shape index (κ2) is 11.3. The van der Waals surface area contributed by atoms with Crippen LogP contribution in [0, 0.1) is 35.5 Å². The molecule has 0 aromatic rings. The molecular formula is C28H40O8. The first kappa shape index (κ1) is 28.1. The van der Waals surface area contributed by atoms with Crippen LogP contribution in [0.4, 0.5) is 0 Å². The maximum Gasteiger partial charge on any atom is 0.331 e. The molecule has 3 rings (SSSR count). The number of epoxide rings is 1. The normalized spacial score (nSPS) is 33.6. The number of allylic oxidation sites excluding steroid dienone is 1. The van der Waals surface area contributed by atoms with Crippen molar-refractivity contribution in [1.29, 1.82) is 0 Å². The summed E-state index contributed by atoms with van der Waals surface area (Å²) in [6, 6.07) is 0. The van der Waals surface area contributed by atoms with Crippen molar-refractivity contribution in [3.05, 3.63) is 23.8 Å². The Bertz CT molecular complexity index is 930. The highest BCUT2D eigenvalue weighted by Crippen LogP contribution is 2.55. The van der Waals surface area contributed by atoms with Gasteiger partial charge in [0.05, 0.1) is 24.5 Å². The number of hydrogen-bond donors (Lipinski definition) is 0. The van der Waals surface area contributed by atoms with Crippen LogP contribution in [0.25, 0.3) is 0 Å². The van der Waals surface area contributed by atoms with E-state index in [9.17, 15) is 19.2 Å². The third-order valence-corrected chi connectivity index (χ3v) is 8.05. The summed E-state index contributed by atoms with van der Waals surface area (Å²) in [5.41, 5.74) is 1.42. The van der Waals surface area contributed by atoms with E-state index in [1.165, 1.54) is 13.0 Å². The van der Waals surface area contributed by atoms with E-state index in [4.69, 9.17) is 18.9 Å². The van der Waals surface area contributed by atoms with Crippen LogP contribution in [0.2, 0.25) is 0 Å². The Morgan fingerprint density at radius 2 is 1.75 bits per heavy atom. The van der Waals surface area contributed by atoms with Crippen LogP contribution < -0.4 is 0 Å². The standard InChI is InChI=1S/C28H40O8/c1-9-14(4)28(32)36-26-16(6)19-11-20(30)23(17(7)34-18(8)29)24(19)25(21-12-33-21)27(26)35-22(31)10-15(5)13(2)3/h10,13-14,17,19,21,23-27H,6,9,11-12H2,1-5,7-8H3. The molecule has 0 radical (unpaired) electrons. The molecule has 1 saturated heterocycles. The summed E-state index contributed by atoms with van der Waals surface area (Å²) in [7, 11) is 0. The largest absolute Gasteiger partial charge is 0.462 e. The zero-order valence-corrected chi connectivity index (χ0v) is 22.4. The minimum absolute atomic E-state index is 0.0416. The molecule has 0 aromatic heterocycles. The summed E-state index contributed by atoms with van der Waals surface area (Å²) in [5, 5.41) is 0. The minimum atomic E-state index is -0.894. The summed E-state index contributed by atoms with van der Waals surface area (Å²) >= 11 is 0. The topological polar surface area (TPSA) is 109 Å². The summed E-state index contributed by atoms with van der Waals surface area (Å²) in [6.45, 7) is 17.2. The van der Waals surface area contributed by atoms with Gasteiger partial charge in [0.1, 0.15) is 18.0 Å². The lowest BCUT2D eigenvalue weighted by molar-refractivity contribution is -0.179. The van der Waals surface area contributed by atoms with Crippen LogP contribution in [-0.2, 0) is 38.1 Å². The van der Waals surface area contributed by atoms with Gasteiger partial charge in [0.2, 0.25) is 0 Å². The molecule has 200 valence electrons. The third-order valence-electron chi connectivity index (χ3n) is 8.05. The van der Waals surface area contributed by atoms with E-state index in [1.54, 1.807) is 13.8 Å². The molecule has 0 aromatic carbocycles. The molecule has 1 heterocycles. The first-order valence-electron chi connectivity index (χ1n) is 13.0. The highest BCUT2D eigenvalue weighted by atomic mass is 16.6. The van der Waals surface area contributed by atoms with Crippen LogP contribution in [0.1, 0.15) is 61.3 Å². The van der Waals surface area contributed by atoms with Crippen molar-refractivity contribution in [3.63, 3.8) is 0 Å². The van der Waals surface area contributed by atoms with Crippen molar-refractivity contribution in [3.8, 4) is 0 Å². The number of hydrogen-bond acceptors (Lipinski definition) is 8. The fourth-order valence-corrected chi connectivity index (χ4v) is 5.54. The number of carbonyl (C=O) groups excluding carboxylic acids is 4. The maximum atomic E-state index is 13.2. The Hall–Kier alpha value is -2.48. The van der Waals surface area contributed by atoms with Gasteiger partial charge in [-0.05, 0) is 43.6 Å². The SMILES string of the molecule is C=C1C2CC(=O)C(C(C)OC(C)=O)C2C(C2CO2)C(OC(=O)C=C(C)C(C)C)C1OC(=O)C(C)CC. The summed E-state index contributed by atoms with van der Waals surface area (Å²) in [6.07, 6.45) is -0.431. The average Bonchev–Trinajstić information content (AvgIpc) is 3.56. The summed E-state index contributed by atoms with van der Waals surface area (Å²) in [4.78, 5) is 50.8. The van der Waals surface area contributed by atoms with Crippen molar-refractivity contribution in [2.24, 2.45) is 35.5 Å². The van der Waals surface area contributed by atoms with Crippen molar-refractivity contribution in [2.45, 2.75) is 85.7 Å². The molecule has 9 unspecified atom stereocenters. The lowest BCUT2D eigenvalue weighted by Crippen LogP contribution is -2.55. The summed E-state index contributed by atoms with van der Waals surface area (Å²) < 4.78 is 23.1. The lowest BCUT2D eigenvalue weighted by Gasteiger charge is -2.46. The third kappa shape index (κ3) is 5.90. The zero-order valence-electron chi connectivity index (χ0n) is 22.4. The van der Waals surface area contributed by atoms with Crippen LogP contribution >= 0.6 is 0 Å². The monoisotopic (exact) mass is 504 g/mol. The van der Waals surface area contributed by atoms with E-state index in [2.05, 4.69) is 6.58 Å². The van der Waals surface area contributed by atoms with Crippen molar-refractivity contribution in [1.82, 2.24) is 0 Å². The molecule has 3 fully saturated rings.